The Morgan fingerprint density at radius 1 is 1.29 bits per heavy atom. The fraction of sp³-hybridized carbons (Fsp3) is 0.333. The van der Waals surface area contributed by atoms with Crippen LogP contribution in [0.5, 0.6) is 0 Å². The van der Waals surface area contributed by atoms with Crippen LogP contribution < -0.4 is 5.32 Å². The van der Waals surface area contributed by atoms with Gasteiger partial charge in [-0.25, -0.2) is 4.39 Å². The molecular weight excluding hydrogens is 177 g/mol. The zero-order valence-electron chi connectivity index (χ0n) is 8.42. The molecule has 1 aliphatic heterocycles. The molecule has 0 saturated heterocycles. The topological polar surface area (TPSA) is 12.0 Å². The van der Waals surface area contributed by atoms with Crippen LogP contribution in [0.4, 0.5) is 10.1 Å². The molecule has 0 spiro atoms. The van der Waals surface area contributed by atoms with Crippen molar-refractivity contribution in [2.45, 2.75) is 19.9 Å². The lowest BCUT2D eigenvalue weighted by Gasteiger charge is -2.18. The van der Waals surface area contributed by atoms with Crippen molar-refractivity contribution in [2.24, 2.45) is 5.92 Å². The van der Waals surface area contributed by atoms with Crippen molar-refractivity contribution < 1.29 is 4.39 Å². The highest BCUT2D eigenvalue weighted by Crippen LogP contribution is 2.27. The molecule has 1 heterocycles. The summed E-state index contributed by atoms with van der Waals surface area (Å²) in [7, 11) is 0. The van der Waals surface area contributed by atoms with E-state index in [1.54, 1.807) is 6.07 Å². The van der Waals surface area contributed by atoms with Crippen molar-refractivity contribution in [3.63, 3.8) is 0 Å². The van der Waals surface area contributed by atoms with Crippen LogP contribution in [0.3, 0.4) is 0 Å². The Hall–Kier alpha value is -1.31. The maximum Gasteiger partial charge on any atom is 0.146 e. The molecule has 2 rings (SSSR count). The van der Waals surface area contributed by atoms with E-state index in [-0.39, 0.29) is 11.9 Å². The van der Waals surface area contributed by atoms with Crippen molar-refractivity contribution in [1.82, 2.24) is 0 Å². The summed E-state index contributed by atoms with van der Waals surface area (Å²) in [6, 6.07) is 5.42. The summed E-state index contributed by atoms with van der Waals surface area (Å²) in [5.41, 5.74) is 1.56. The molecule has 0 radical (unpaired) electrons. The van der Waals surface area contributed by atoms with E-state index in [0.717, 1.165) is 5.56 Å². The smallest absolute Gasteiger partial charge is 0.146 e. The molecule has 14 heavy (non-hydrogen) atoms. The third-order valence-electron chi connectivity index (χ3n) is 2.79. The summed E-state index contributed by atoms with van der Waals surface area (Å²) in [5.74, 6) is 0.245. The number of hydrogen-bond acceptors (Lipinski definition) is 1. The standard InChI is InChI=1S/C12H14FN/c1-8-6-7-10-4-3-5-11(13)12(10)14-9(8)2/h3-9,14H,1-2H3. The van der Waals surface area contributed by atoms with Gasteiger partial charge in [0.1, 0.15) is 5.82 Å². The maximum atomic E-state index is 13.5. The summed E-state index contributed by atoms with van der Waals surface area (Å²) in [4.78, 5) is 0. The number of fused-ring (bicyclic) bond motifs is 1. The molecular formula is C12H14FN. The summed E-state index contributed by atoms with van der Waals surface area (Å²) in [6.45, 7) is 4.19. The van der Waals surface area contributed by atoms with Gasteiger partial charge < -0.3 is 5.32 Å². The molecule has 0 bridgehead atoms. The first-order chi connectivity index (χ1) is 6.68. The highest BCUT2D eigenvalue weighted by atomic mass is 19.1. The lowest BCUT2D eigenvalue weighted by Crippen LogP contribution is -2.21. The molecule has 1 aromatic rings. The predicted octanol–water partition coefficient (Wildman–Crippen LogP) is 3.29. The van der Waals surface area contributed by atoms with Crippen molar-refractivity contribution in [3.8, 4) is 0 Å². The van der Waals surface area contributed by atoms with Gasteiger partial charge in [0.15, 0.2) is 0 Å². The van der Waals surface area contributed by atoms with E-state index in [1.807, 2.05) is 12.1 Å². The van der Waals surface area contributed by atoms with Gasteiger partial charge in [-0.15, -0.1) is 0 Å². The number of rotatable bonds is 0. The Labute approximate surface area is 83.6 Å². The molecule has 0 aliphatic carbocycles. The lowest BCUT2D eigenvalue weighted by atomic mass is 10.0. The molecule has 2 heteroatoms. The maximum absolute atomic E-state index is 13.5. The van der Waals surface area contributed by atoms with Crippen LogP contribution in [-0.4, -0.2) is 6.04 Å². The fourth-order valence-electron chi connectivity index (χ4n) is 1.61. The van der Waals surface area contributed by atoms with Gasteiger partial charge in [0.05, 0.1) is 5.69 Å². The Morgan fingerprint density at radius 3 is 2.86 bits per heavy atom. The van der Waals surface area contributed by atoms with Crippen molar-refractivity contribution >= 4 is 11.8 Å². The predicted molar refractivity (Wildman–Crippen MR) is 57.7 cm³/mol. The number of para-hydroxylation sites is 1. The molecule has 1 aromatic carbocycles. The third-order valence-corrected chi connectivity index (χ3v) is 2.79. The number of benzene rings is 1. The molecule has 0 saturated carbocycles. The van der Waals surface area contributed by atoms with Crippen LogP contribution in [0.25, 0.3) is 6.08 Å². The van der Waals surface area contributed by atoms with Gasteiger partial charge in [0, 0.05) is 11.6 Å². The Bertz CT molecular complexity index is 371. The zero-order valence-corrected chi connectivity index (χ0v) is 8.42. The summed E-state index contributed by atoms with van der Waals surface area (Å²) in [5, 5.41) is 3.20. The van der Waals surface area contributed by atoms with Gasteiger partial charge >= 0.3 is 0 Å². The van der Waals surface area contributed by atoms with Crippen molar-refractivity contribution in [3.05, 3.63) is 35.7 Å². The summed E-state index contributed by atoms with van der Waals surface area (Å²) < 4.78 is 13.5. The van der Waals surface area contributed by atoms with Gasteiger partial charge in [-0.1, -0.05) is 31.2 Å². The number of nitrogens with one attached hydrogen (secondary N) is 1. The van der Waals surface area contributed by atoms with Gasteiger partial charge in [0.25, 0.3) is 0 Å². The van der Waals surface area contributed by atoms with Gasteiger partial charge in [0.2, 0.25) is 0 Å². The molecule has 2 unspecified atom stereocenters. The van der Waals surface area contributed by atoms with Gasteiger partial charge in [-0.2, -0.15) is 0 Å². The van der Waals surface area contributed by atoms with E-state index in [0.29, 0.717) is 11.6 Å². The van der Waals surface area contributed by atoms with Crippen LogP contribution in [0.15, 0.2) is 24.3 Å². The minimum absolute atomic E-state index is 0.173. The highest BCUT2D eigenvalue weighted by Gasteiger charge is 2.16. The highest BCUT2D eigenvalue weighted by molar-refractivity contribution is 5.69. The SMILES string of the molecule is CC1C=Cc2cccc(F)c2NC1C. The van der Waals surface area contributed by atoms with E-state index >= 15 is 0 Å². The monoisotopic (exact) mass is 191 g/mol. The third kappa shape index (κ3) is 1.52. The van der Waals surface area contributed by atoms with Crippen LogP contribution in [0, 0.1) is 11.7 Å². The van der Waals surface area contributed by atoms with Crippen molar-refractivity contribution in [1.29, 1.82) is 0 Å². The molecule has 0 fully saturated rings. The molecule has 74 valence electrons. The van der Waals surface area contributed by atoms with E-state index in [9.17, 15) is 4.39 Å². The zero-order chi connectivity index (χ0) is 10.1. The van der Waals surface area contributed by atoms with E-state index in [4.69, 9.17) is 0 Å². The second-order valence-corrected chi connectivity index (χ2v) is 3.86. The Balaban J connectivity index is 2.48. The minimum atomic E-state index is -0.173. The van der Waals surface area contributed by atoms with Crippen molar-refractivity contribution in [2.75, 3.05) is 5.32 Å². The van der Waals surface area contributed by atoms with Crippen LogP contribution >= 0.6 is 0 Å². The van der Waals surface area contributed by atoms with E-state index in [1.165, 1.54) is 6.07 Å². The lowest BCUT2D eigenvalue weighted by molar-refractivity contribution is 0.601. The van der Waals surface area contributed by atoms with Gasteiger partial charge in [-0.3, -0.25) is 0 Å². The quantitative estimate of drug-likeness (QED) is 0.663. The first kappa shape index (κ1) is 9.25. The molecule has 1 aliphatic rings. The Morgan fingerprint density at radius 2 is 2.07 bits per heavy atom. The van der Waals surface area contributed by atoms with Crippen LogP contribution in [0.1, 0.15) is 19.4 Å². The minimum Gasteiger partial charge on any atom is -0.379 e. The number of halogens is 1. The first-order valence-corrected chi connectivity index (χ1v) is 4.92. The Kier molecular flexibility index (Phi) is 2.28. The average Bonchev–Trinajstić information content (AvgIpc) is 2.30. The summed E-state index contributed by atoms with van der Waals surface area (Å²) in [6.07, 6.45) is 4.10. The normalized spacial score (nSPS) is 25.1. The molecule has 1 N–H and O–H groups in total. The second-order valence-electron chi connectivity index (χ2n) is 3.86. The van der Waals surface area contributed by atoms with Gasteiger partial charge in [-0.05, 0) is 18.9 Å². The number of anilines is 1. The average molecular weight is 191 g/mol. The summed E-state index contributed by atoms with van der Waals surface area (Å²) >= 11 is 0. The molecule has 0 aromatic heterocycles. The number of hydrogen-bond donors (Lipinski definition) is 1. The molecule has 2 atom stereocenters. The molecule has 1 nitrogen and oxygen atoms in total. The first-order valence-electron chi connectivity index (χ1n) is 4.92. The van der Waals surface area contributed by atoms with E-state index in [2.05, 4.69) is 25.2 Å². The molecule has 0 amide bonds. The second kappa shape index (κ2) is 3.45. The van der Waals surface area contributed by atoms with Crippen LogP contribution in [-0.2, 0) is 0 Å². The largest absolute Gasteiger partial charge is 0.379 e. The van der Waals surface area contributed by atoms with Crippen LogP contribution in [0.2, 0.25) is 0 Å². The fourth-order valence-corrected chi connectivity index (χ4v) is 1.61. The van der Waals surface area contributed by atoms with E-state index < -0.39 is 0 Å².